The van der Waals surface area contributed by atoms with Crippen LogP contribution >= 0.6 is 0 Å². The lowest BCUT2D eigenvalue weighted by atomic mass is 9.83. The molecule has 0 aliphatic heterocycles. The van der Waals surface area contributed by atoms with Gasteiger partial charge in [0.2, 0.25) is 0 Å². The van der Waals surface area contributed by atoms with Crippen molar-refractivity contribution in [3.8, 4) is 0 Å². The number of nitrogens with one attached hydrogen (secondary N) is 1. The second kappa shape index (κ2) is 4.52. The Morgan fingerprint density at radius 1 is 1.20 bits per heavy atom. The number of esters is 1. The van der Waals surface area contributed by atoms with Gasteiger partial charge in [-0.15, -0.1) is 0 Å². The van der Waals surface area contributed by atoms with Crippen LogP contribution in [0, 0.1) is 5.41 Å². The van der Waals surface area contributed by atoms with Crippen LogP contribution in [0.3, 0.4) is 0 Å². The summed E-state index contributed by atoms with van der Waals surface area (Å²) in [5.41, 5.74) is -0.0882. The molecule has 3 nitrogen and oxygen atoms in total. The summed E-state index contributed by atoms with van der Waals surface area (Å²) in [6, 6.07) is 0. The standard InChI is InChI=1S/C12H23NO2/c1-11(2)6-5-7-12(13-3,9-8-11)10(14)15-4/h13H,5-9H2,1-4H3. The fourth-order valence-corrected chi connectivity index (χ4v) is 2.42. The van der Waals surface area contributed by atoms with Crippen LogP contribution in [0.1, 0.15) is 46.0 Å². The zero-order chi connectivity index (χ0) is 11.5. The van der Waals surface area contributed by atoms with Crippen molar-refractivity contribution < 1.29 is 9.53 Å². The first kappa shape index (κ1) is 12.5. The number of likely N-dealkylation sites (N-methyl/N-ethyl adjacent to an activating group) is 1. The van der Waals surface area contributed by atoms with E-state index in [4.69, 9.17) is 4.74 Å². The Balaban J connectivity index is 2.79. The van der Waals surface area contributed by atoms with E-state index in [-0.39, 0.29) is 5.97 Å². The summed E-state index contributed by atoms with van der Waals surface area (Å²) in [4.78, 5) is 11.8. The number of hydrogen-bond donors (Lipinski definition) is 1. The number of rotatable bonds is 2. The fraction of sp³-hybridized carbons (Fsp3) is 0.917. The van der Waals surface area contributed by atoms with Gasteiger partial charge >= 0.3 is 5.97 Å². The zero-order valence-electron chi connectivity index (χ0n) is 10.4. The van der Waals surface area contributed by atoms with E-state index in [1.807, 2.05) is 7.05 Å². The molecule has 0 amide bonds. The maximum absolute atomic E-state index is 11.8. The van der Waals surface area contributed by atoms with Crippen LogP contribution in [-0.2, 0) is 9.53 Å². The van der Waals surface area contributed by atoms with E-state index in [9.17, 15) is 4.79 Å². The van der Waals surface area contributed by atoms with Gasteiger partial charge in [0.25, 0.3) is 0 Å². The van der Waals surface area contributed by atoms with E-state index in [1.54, 1.807) is 0 Å². The highest BCUT2D eigenvalue weighted by atomic mass is 16.5. The maximum atomic E-state index is 11.8. The smallest absolute Gasteiger partial charge is 0.326 e. The summed E-state index contributed by atoms with van der Waals surface area (Å²) < 4.78 is 4.91. The van der Waals surface area contributed by atoms with Gasteiger partial charge in [0.05, 0.1) is 7.11 Å². The van der Waals surface area contributed by atoms with Crippen molar-refractivity contribution in [1.82, 2.24) is 5.32 Å². The molecule has 0 radical (unpaired) electrons. The maximum Gasteiger partial charge on any atom is 0.326 e. The van der Waals surface area contributed by atoms with E-state index in [0.717, 1.165) is 25.7 Å². The Bertz CT molecular complexity index is 238. The van der Waals surface area contributed by atoms with Gasteiger partial charge in [0, 0.05) is 0 Å². The van der Waals surface area contributed by atoms with Crippen LogP contribution in [-0.4, -0.2) is 25.7 Å². The third-order valence-corrected chi connectivity index (χ3v) is 3.74. The predicted molar refractivity (Wildman–Crippen MR) is 60.7 cm³/mol. The monoisotopic (exact) mass is 213 g/mol. The molecule has 0 aromatic rings. The highest BCUT2D eigenvalue weighted by Crippen LogP contribution is 2.38. The average molecular weight is 213 g/mol. The summed E-state index contributed by atoms with van der Waals surface area (Å²) in [7, 11) is 3.33. The average Bonchev–Trinajstić information content (AvgIpc) is 2.37. The Kier molecular flexibility index (Phi) is 3.77. The van der Waals surface area contributed by atoms with Crippen LogP contribution < -0.4 is 5.32 Å². The van der Waals surface area contributed by atoms with Gasteiger partial charge in [-0.05, 0) is 38.1 Å². The molecular weight excluding hydrogens is 190 g/mol. The van der Waals surface area contributed by atoms with Crippen LogP contribution in [0.5, 0.6) is 0 Å². The van der Waals surface area contributed by atoms with Crippen molar-refractivity contribution in [1.29, 1.82) is 0 Å². The van der Waals surface area contributed by atoms with Gasteiger partial charge in [-0.2, -0.15) is 0 Å². The van der Waals surface area contributed by atoms with E-state index in [0.29, 0.717) is 5.41 Å². The van der Waals surface area contributed by atoms with Gasteiger partial charge in [-0.25, -0.2) is 0 Å². The Morgan fingerprint density at radius 2 is 1.87 bits per heavy atom. The highest BCUT2D eigenvalue weighted by molar-refractivity contribution is 5.80. The minimum absolute atomic E-state index is 0.109. The third kappa shape index (κ3) is 2.71. The molecule has 0 heterocycles. The molecule has 0 spiro atoms. The summed E-state index contributed by atoms with van der Waals surface area (Å²) in [6.45, 7) is 4.55. The molecule has 0 aromatic heterocycles. The SMILES string of the molecule is CNC1(C(=O)OC)CCCC(C)(C)CC1. The zero-order valence-corrected chi connectivity index (χ0v) is 10.4. The number of carbonyl (C=O) groups excluding carboxylic acids is 1. The quantitative estimate of drug-likeness (QED) is 0.564. The molecule has 1 rings (SSSR count). The minimum Gasteiger partial charge on any atom is -0.468 e. The summed E-state index contributed by atoms with van der Waals surface area (Å²) in [5.74, 6) is -0.109. The molecule has 1 N–H and O–H groups in total. The summed E-state index contributed by atoms with van der Waals surface area (Å²) in [5, 5.41) is 3.17. The van der Waals surface area contributed by atoms with E-state index in [1.165, 1.54) is 13.5 Å². The fourth-order valence-electron chi connectivity index (χ4n) is 2.42. The number of hydrogen-bond acceptors (Lipinski definition) is 3. The lowest BCUT2D eigenvalue weighted by molar-refractivity contribution is -0.149. The Morgan fingerprint density at radius 3 is 2.40 bits per heavy atom. The van der Waals surface area contributed by atoms with E-state index in [2.05, 4.69) is 19.2 Å². The molecule has 1 aliphatic rings. The van der Waals surface area contributed by atoms with Crippen LogP contribution in [0.2, 0.25) is 0 Å². The first-order valence-electron chi connectivity index (χ1n) is 5.73. The molecule has 88 valence electrons. The first-order valence-corrected chi connectivity index (χ1v) is 5.73. The molecule has 1 fully saturated rings. The van der Waals surface area contributed by atoms with Crippen molar-refractivity contribution in [3.63, 3.8) is 0 Å². The third-order valence-electron chi connectivity index (χ3n) is 3.74. The number of methoxy groups -OCH3 is 1. The lowest BCUT2D eigenvalue weighted by Gasteiger charge is -2.30. The van der Waals surface area contributed by atoms with Crippen molar-refractivity contribution >= 4 is 5.97 Å². The van der Waals surface area contributed by atoms with Crippen molar-refractivity contribution in [3.05, 3.63) is 0 Å². The molecule has 3 heteroatoms. The van der Waals surface area contributed by atoms with Crippen molar-refractivity contribution in [2.45, 2.75) is 51.5 Å². The molecule has 1 unspecified atom stereocenters. The van der Waals surface area contributed by atoms with Crippen molar-refractivity contribution in [2.24, 2.45) is 5.41 Å². The van der Waals surface area contributed by atoms with Crippen LogP contribution in [0.15, 0.2) is 0 Å². The molecule has 0 aromatic carbocycles. The molecule has 1 saturated carbocycles. The predicted octanol–water partition coefficient (Wildman–Crippen LogP) is 2.11. The molecular formula is C12H23NO2. The minimum atomic E-state index is -0.442. The Labute approximate surface area is 92.6 Å². The normalized spacial score (nSPS) is 30.7. The summed E-state index contributed by atoms with van der Waals surface area (Å²) in [6.07, 6.45) is 5.11. The molecule has 1 atom stereocenters. The van der Waals surface area contributed by atoms with E-state index >= 15 is 0 Å². The second-order valence-corrected chi connectivity index (χ2v) is 5.34. The number of carbonyl (C=O) groups is 1. The van der Waals surface area contributed by atoms with Gasteiger partial charge in [-0.3, -0.25) is 4.79 Å². The lowest BCUT2D eigenvalue weighted by Crippen LogP contribution is -2.50. The van der Waals surface area contributed by atoms with Gasteiger partial charge < -0.3 is 10.1 Å². The van der Waals surface area contributed by atoms with Gasteiger partial charge in [-0.1, -0.05) is 20.3 Å². The first-order chi connectivity index (χ1) is 6.96. The van der Waals surface area contributed by atoms with E-state index < -0.39 is 5.54 Å². The Hall–Kier alpha value is -0.570. The van der Waals surface area contributed by atoms with Crippen LogP contribution in [0.4, 0.5) is 0 Å². The van der Waals surface area contributed by atoms with Gasteiger partial charge in [0.1, 0.15) is 5.54 Å². The largest absolute Gasteiger partial charge is 0.468 e. The molecule has 1 aliphatic carbocycles. The highest BCUT2D eigenvalue weighted by Gasteiger charge is 2.41. The van der Waals surface area contributed by atoms with Crippen molar-refractivity contribution in [2.75, 3.05) is 14.2 Å². The molecule has 15 heavy (non-hydrogen) atoms. The molecule has 0 saturated heterocycles. The van der Waals surface area contributed by atoms with Gasteiger partial charge in [0.15, 0.2) is 0 Å². The molecule has 0 bridgehead atoms. The topological polar surface area (TPSA) is 38.3 Å². The van der Waals surface area contributed by atoms with Crippen LogP contribution in [0.25, 0.3) is 0 Å². The number of ether oxygens (including phenoxy) is 1. The second-order valence-electron chi connectivity index (χ2n) is 5.34. The summed E-state index contributed by atoms with van der Waals surface area (Å²) >= 11 is 0.